The quantitative estimate of drug-likeness (QED) is 0.623. The molecule has 1 aliphatic rings. The van der Waals surface area contributed by atoms with Crippen molar-refractivity contribution in [2.45, 2.75) is 38.6 Å². The summed E-state index contributed by atoms with van der Waals surface area (Å²) in [4.78, 5) is 6.06. The maximum absolute atomic E-state index is 4.65. The summed E-state index contributed by atoms with van der Waals surface area (Å²) in [6, 6.07) is 4.95. The Morgan fingerprint density at radius 2 is 2.41 bits per heavy atom. The third-order valence-corrected chi connectivity index (χ3v) is 3.92. The third kappa shape index (κ3) is 4.04. The molecule has 0 bridgehead atoms. The zero-order valence-electron chi connectivity index (χ0n) is 10.6. The molecule has 0 radical (unpaired) electrons. The van der Waals surface area contributed by atoms with E-state index in [1.807, 2.05) is 11.3 Å². The van der Waals surface area contributed by atoms with Crippen molar-refractivity contribution in [2.24, 2.45) is 4.99 Å². The van der Waals surface area contributed by atoms with E-state index in [-0.39, 0.29) is 0 Å². The van der Waals surface area contributed by atoms with Gasteiger partial charge in [0.05, 0.1) is 6.54 Å². The van der Waals surface area contributed by atoms with Crippen molar-refractivity contribution >= 4 is 17.3 Å². The molecule has 1 aromatic heterocycles. The molecule has 17 heavy (non-hydrogen) atoms. The number of thiophene rings is 1. The van der Waals surface area contributed by atoms with Crippen LogP contribution in [-0.2, 0) is 0 Å². The third-order valence-electron chi connectivity index (χ3n) is 2.81. The largest absolute Gasteiger partial charge is 0.357 e. The van der Waals surface area contributed by atoms with Crippen LogP contribution in [0.1, 0.15) is 37.5 Å². The summed E-state index contributed by atoms with van der Waals surface area (Å²) in [6.07, 6.45) is 2.57. The number of rotatable bonds is 5. The highest BCUT2D eigenvalue weighted by Gasteiger charge is 2.22. The van der Waals surface area contributed by atoms with Gasteiger partial charge < -0.3 is 10.6 Å². The zero-order chi connectivity index (χ0) is 12.1. The molecule has 0 aromatic carbocycles. The minimum atomic E-state index is 0.504. The molecule has 0 amide bonds. The standard InChI is InChI=1S/C13H21N3S/c1-3-14-13(16-11-6-7-11)15-9-10(2)12-5-4-8-17-12/h4-5,8,10-11H,3,6-7,9H2,1-2H3,(H2,14,15,16). The van der Waals surface area contributed by atoms with E-state index in [0.717, 1.165) is 19.0 Å². The van der Waals surface area contributed by atoms with Gasteiger partial charge in [-0.3, -0.25) is 4.99 Å². The number of nitrogens with zero attached hydrogens (tertiary/aromatic N) is 1. The summed E-state index contributed by atoms with van der Waals surface area (Å²) < 4.78 is 0. The highest BCUT2D eigenvalue weighted by Crippen LogP contribution is 2.21. The number of nitrogens with one attached hydrogen (secondary N) is 2. The van der Waals surface area contributed by atoms with Gasteiger partial charge in [-0.05, 0) is 31.2 Å². The lowest BCUT2D eigenvalue weighted by Crippen LogP contribution is -2.38. The summed E-state index contributed by atoms with van der Waals surface area (Å²) in [5, 5.41) is 8.86. The molecule has 0 spiro atoms. The van der Waals surface area contributed by atoms with Gasteiger partial charge in [0.15, 0.2) is 5.96 Å². The van der Waals surface area contributed by atoms with E-state index in [0.29, 0.717) is 12.0 Å². The average Bonchev–Trinajstić information content (AvgIpc) is 2.97. The lowest BCUT2D eigenvalue weighted by molar-refractivity contribution is 0.757. The highest BCUT2D eigenvalue weighted by atomic mass is 32.1. The van der Waals surface area contributed by atoms with E-state index >= 15 is 0 Å². The van der Waals surface area contributed by atoms with Crippen LogP contribution in [0.25, 0.3) is 0 Å². The van der Waals surface area contributed by atoms with Gasteiger partial charge in [0, 0.05) is 23.4 Å². The predicted molar refractivity (Wildman–Crippen MR) is 74.9 cm³/mol. The van der Waals surface area contributed by atoms with Crippen LogP contribution in [0, 0.1) is 0 Å². The molecule has 4 heteroatoms. The van der Waals surface area contributed by atoms with Gasteiger partial charge in [-0.15, -0.1) is 11.3 Å². The minimum Gasteiger partial charge on any atom is -0.357 e. The van der Waals surface area contributed by atoms with Gasteiger partial charge in [0.2, 0.25) is 0 Å². The fourth-order valence-electron chi connectivity index (χ4n) is 1.63. The van der Waals surface area contributed by atoms with Gasteiger partial charge in [-0.25, -0.2) is 0 Å². The Bertz CT molecular complexity index is 355. The SMILES string of the molecule is CCNC(=NCC(C)c1cccs1)NC1CC1. The Morgan fingerprint density at radius 3 is 3.00 bits per heavy atom. The molecule has 3 nitrogen and oxygen atoms in total. The van der Waals surface area contributed by atoms with Crippen LogP contribution in [0.4, 0.5) is 0 Å². The minimum absolute atomic E-state index is 0.504. The number of aliphatic imine (C=N–C) groups is 1. The first-order valence-corrected chi connectivity index (χ1v) is 7.25. The van der Waals surface area contributed by atoms with Gasteiger partial charge >= 0.3 is 0 Å². The fraction of sp³-hybridized carbons (Fsp3) is 0.615. The van der Waals surface area contributed by atoms with Crippen molar-refractivity contribution in [3.8, 4) is 0 Å². The smallest absolute Gasteiger partial charge is 0.191 e. The molecular formula is C13H21N3S. The van der Waals surface area contributed by atoms with Crippen molar-refractivity contribution in [3.63, 3.8) is 0 Å². The van der Waals surface area contributed by atoms with Crippen molar-refractivity contribution < 1.29 is 0 Å². The van der Waals surface area contributed by atoms with E-state index in [1.165, 1.54) is 17.7 Å². The summed E-state index contributed by atoms with van der Waals surface area (Å²) >= 11 is 1.81. The van der Waals surface area contributed by atoms with Crippen LogP contribution in [0.3, 0.4) is 0 Å². The van der Waals surface area contributed by atoms with Gasteiger partial charge in [0.1, 0.15) is 0 Å². The highest BCUT2D eigenvalue weighted by molar-refractivity contribution is 7.10. The summed E-state index contributed by atoms with van der Waals surface area (Å²) in [5.74, 6) is 1.48. The molecule has 1 fully saturated rings. The second-order valence-electron chi connectivity index (χ2n) is 4.55. The van der Waals surface area contributed by atoms with E-state index in [1.54, 1.807) is 0 Å². The first-order valence-electron chi connectivity index (χ1n) is 6.38. The lowest BCUT2D eigenvalue weighted by Gasteiger charge is -2.12. The first-order chi connectivity index (χ1) is 8.29. The summed E-state index contributed by atoms with van der Waals surface area (Å²) in [7, 11) is 0. The van der Waals surface area contributed by atoms with Crippen molar-refractivity contribution in [2.75, 3.05) is 13.1 Å². The van der Waals surface area contributed by atoms with Crippen molar-refractivity contribution in [1.29, 1.82) is 0 Å². The molecule has 0 saturated heterocycles. The van der Waals surface area contributed by atoms with Crippen molar-refractivity contribution in [1.82, 2.24) is 10.6 Å². The van der Waals surface area contributed by atoms with Gasteiger partial charge in [0.25, 0.3) is 0 Å². The second kappa shape index (κ2) is 6.05. The molecule has 1 unspecified atom stereocenters. The number of hydrogen-bond acceptors (Lipinski definition) is 2. The van der Waals surface area contributed by atoms with Crippen molar-refractivity contribution in [3.05, 3.63) is 22.4 Å². The number of guanidine groups is 1. The van der Waals surface area contributed by atoms with E-state index in [9.17, 15) is 0 Å². The van der Waals surface area contributed by atoms with Crippen LogP contribution in [0.2, 0.25) is 0 Å². The van der Waals surface area contributed by atoms with Crippen LogP contribution in [-0.4, -0.2) is 25.1 Å². The van der Waals surface area contributed by atoms with Crippen LogP contribution >= 0.6 is 11.3 Å². The molecule has 2 N–H and O–H groups in total. The Kier molecular flexibility index (Phi) is 4.42. The molecule has 1 heterocycles. The predicted octanol–water partition coefficient (Wildman–Crippen LogP) is 2.57. The normalized spacial score (nSPS) is 17.9. The monoisotopic (exact) mass is 251 g/mol. The molecule has 0 aliphatic heterocycles. The molecule has 1 aliphatic carbocycles. The maximum atomic E-state index is 4.65. The van der Waals surface area contributed by atoms with Crippen LogP contribution in [0.15, 0.2) is 22.5 Å². The van der Waals surface area contributed by atoms with E-state index < -0.39 is 0 Å². The van der Waals surface area contributed by atoms with E-state index in [4.69, 9.17) is 0 Å². The molecule has 1 atom stereocenters. The second-order valence-corrected chi connectivity index (χ2v) is 5.53. The molecule has 94 valence electrons. The molecule has 1 saturated carbocycles. The lowest BCUT2D eigenvalue weighted by atomic mass is 10.1. The topological polar surface area (TPSA) is 36.4 Å². The first kappa shape index (κ1) is 12.4. The summed E-state index contributed by atoms with van der Waals surface area (Å²) in [6.45, 7) is 6.11. The zero-order valence-corrected chi connectivity index (χ0v) is 11.4. The van der Waals surface area contributed by atoms with Gasteiger partial charge in [-0.2, -0.15) is 0 Å². The fourth-order valence-corrected chi connectivity index (χ4v) is 2.41. The summed E-state index contributed by atoms with van der Waals surface area (Å²) in [5.41, 5.74) is 0. The Labute approximate surface area is 107 Å². The van der Waals surface area contributed by atoms with Gasteiger partial charge in [-0.1, -0.05) is 13.0 Å². The molecular weight excluding hydrogens is 230 g/mol. The molecule has 1 aromatic rings. The maximum Gasteiger partial charge on any atom is 0.191 e. The Hall–Kier alpha value is -1.03. The Morgan fingerprint density at radius 1 is 1.59 bits per heavy atom. The Balaban J connectivity index is 1.86. The van der Waals surface area contributed by atoms with Crippen LogP contribution in [0.5, 0.6) is 0 Å². The van der Waals surface area contributed by atoms with E-state index in [2.05, 4.69) is 47.0 Å². The molecule has 2 rings (SSSR count). The van der Waals surface area contributed by atoms with Crippen LogP contribution < -0.4 is 10.6 Å². The average molecular weight is 251 g/mol. The number of hydrogen-bond donors (Lipinski definition) is 2.